The summed E-state index contributed by atoms with van der Waals surface area (Å²) in [7, 11) is 3.56. The minimum atomic E-state index is -0.242. The van der Waals surface area contributed by atoms with Gasteiger partial charge in [0.05, 0.1) is 6.20 Å². The van der Waals surface area contributed by atoms with Gasteiger partial charge >= 0.3 is 0 Å². The van der Waals surface area contributed by atoms with Gasteiger partial charge in [-0.2, -0.15) is 5.10 Å². The Morgan fingerprint density at radius 3 is 3.00 bits per heavy atom. The fraction of sp³-hybridized carbons (Fsp3) is 0.400. The van der Waals surface area contributed by atoms with E-state index in [4.69, 9.17) is 0 Å². The van der Waals surface area contributed by atoms with Crippen molar-refractivity contribution in [3.05, 3.63) is 30.5 Å². The summed E-state index contributed by atoms with van der Waals surface area (Å²) >= 11 is 0. The Labute approximate surface area is 123 Å². The molecule has 0 aliphatic carbocycles. The first-order valence-corrected chi connectivity index (χ1v) is 7.07. The highest BCUT2D eigenvalue weighted by molar-refractivity contribution is 5.94. The number of carbonyl (C=O) groups excluding carboxylic acids is 1. The quantitative estimate of drug-likeness (QED) is 0.870. The topological polar surface area (TPSA) is 61.4 Å². The number of benzene rings is 1. The lowest BCUT2D eigenvalue weighted by Crippen LogP contribution is -2.58. The zero-order valence-corrected chi connectivity index (χ0v) is 12.3. The van der Waals surface area contributed by atoms with E-state index in [2.05, 4.69) is 20.4 Å². The van der Waals surface area contributed by atoms with Crippen LogP contribution in [0.15, 0.2) is 30.5 Å². The minimum Gasteiger partial charge on any atom is -0.347 e. The van der Waals surface area contributed by atoms with Gasteiger partial charge in [-0.15, -0.1) is 5.10 Å². The van der Waals surface area contributed by atoms with Crippen molar-refractivity contribution >= 4 is 22.5 Å². The van der Waals surface area contributed by atoms with Crippen LogP contribution in [0.2, 0.25) is 0 Å². The van der Waals surface area contributed by atoms with E-state index in [9.17, 15) is 4.79 Å². The highest BCUT2D eigenvalue weighted by Crippen LogP contribution is 2.25. The van der Waals surface area contributed by atoms with E-state index in [0.29, 0.717) is 6.54 Å². The van der Waals surface area contributed by atoms with E-state index in [0.717, 1.165) is 29.7 Å². The third-order valence-electron chi connectivity index (χ3n) is 3.79. The molecule has 6 heteroatoms. The molecule has 1 aromatic carbocycles. The molecule has 1 aliphatic rings. The average molecular weight is 285 g/mol. The molecular weight excluding hydrogens is 266 g/mol. The Morgan fingerprint density at radius 1 is 1.38 bits per heavy atom. The second kappa shape index (κ2) is 5.65. The molecule has 6 nitrogen and oxygen atoms in total. The largest absolute Gasteiger partial charge is 0.347 e. The zero-order valence-electron chi connectivity index (χ0n) is 12.3. The number of hydrogen-bond donors (Lipinski definition) is 1. The van der Waals surface area contributed by atoms with Gasteiger partial charge in [-0.25, -0.2) is 0 Å². The standard InChI is InChI=1S/C15H19N5O/c1-19(2)15(21)13-10-16-7-8-20(13)14-12-6-4-3-5-11(12)9-17-18-14/h3-6,9,13,16H,7-8,10H2,1-2H3. The lowest BCUT2D eigenvalue weighted by atomic mass is 10.1. The first kappa shape index (κ1) is 13.8. The molecule has 0 spiro atoms. The summed E-state index contributed by atoms with van der Waals surface area (Å²) < 4.78 is 0. The molecule has 0 saturated carbocycles. The number of amides is 1. The molecule has 21 heavy (non-hydrogen) atoms. The average Bonchev–Trinajstić information content (AvgIpc) is 2.53. The van der Waals surface area contributed by atoms with E-state index in [-0.39, 0.29) is 11.9 Å². The van der Waals surface area contributed by atoms with Gasteiger partial charge in [0.15, 0.2) is 5.82 Å². The van der Waals surface area contributed by atoms with Crippen LogP contribution >= 0.6 is 0 Å². The maximum absolute atomic E-state index is 12.4. The Morgan fingerprint density at radius 2 is 2.19 bits per heavy atom. The van der Waals surface area contributed by atoms with Gasteiger partial charge in [0.2, 0.25) is 5.91 Å². The van der Waals surface area contributed by atoms with Crippen LogP contribution in [-0.2, 0) is 4.79 Å². The molecule has 3 rings (SSSR count). The molecule has 110 valence electrons. The summed E-state index contributed by atoms with van der Waals surface area (Å²) in [5, 5.41) is 13.7. The molecule has 1 saturated heterocycles. The number of piperazine rings is 1. The second-order valence-electron chi connectivity index (χ2n) is 5.40. The van der Waals surface area contributed by atoms with Crippen LogP contribution < -0.4 is 10.2 Å². The summed E-state index contributed by atoms with van der Waals surface area (Å²) in [5.74, 6) is 0.867. The number of aromatic nitrogens is 2. The van der Waals surface area contributed by atoms with Crippen molar-refractivity contribution in [1.29, 1.82) is 0 Å². The SMILES string of the molecule is CN(C)C(=O)C1CNCCN1c1nncc2ccccc12. The minimum absolute atomic E-state index is 0.0805. The van der Waals surface area contributed by atoms with Crippen molar-refractivity contribution < 1.29 is 4.79 Å². The summed E-state index contributed by atoms with van der Waals surface area (Å²) in [5.41, 5.74) is 0. The van der Waals surface area contributed by atoms with Crippen molar-refractivity contribution in [2.75, 3.05) is 38.6 Å². The molecule has 0 radical (unpaired) electrons. The van der Waals surface area contributed by atoms with E-state index in [1.807, 2.05) is 24.3 Å². The van der Waals surface area contributed by atoms with E-state index < -0.39 is 0 Å². The lowest BCUT2D eigenvalue weighted by Gasteiger charge is -2.37. The summed E-state index contributed by atoms with van der Waals surface area (Å²) in [4.78, 5) is 16.1. The fourth-order valence-electron chi connectivity index (χ4n) is 2.70. The second-order valence-corrected chi connectivity index (χ2v) is 5.40. The van der Waals surface area contributed by atoms with Crippen LogP contribution in [0, 0.1) is 0 Å². The van der Waals surface area contributed by atoms with Crippen molar-refractivity contribution in [2.24, 2.45) is 0 Å². The first-order chi connectivity index (χ1) is 10.2. The van der Waals surface area contributed by atoms with Crippen LogP contribution in [0.1, 0.15) is 0 Å². The smallest absolute Gasteiger partial charge is 0.246 e. The maximum atomic E-state index is 12.4. The lowest BCUT2D eigenvalue weighted by molar-refractivity contribution is -0.130. The van der Waals surface area contributed by atoms with Crippen LogP contribution in [0.25, 0.3) is 10.8 Å². The number of likely N-dealkylation sites (N-methyl/N-ethyl adjacent to an activating group) is 1. The van der Waals surface area contributed by atoms with E-state index in [1.54, 1.807) is 25.2 Å². The van der Waals surface area contributed by atoms with E-state index in [1.165, 1.54) is 0 Å². The number of anilines is 1. The molecule has 1 N–H and O–H groups in total. The number of rotatable bonds is 2. The predicted molar refractivity (Wildman–Crippen MR) is 82.2 cm³/mol. The van der Waals surface area contributed by atoms with Gasteiger partial charge in [-0.05, 0) is 0 Å². The van der Waals surface area contributed by atoms with Crippen molar-refractivity contribution in [3.63, 3.8) is 0 Å². The van der Waals surface area contributed by atoms with Crippen molar-refractivity contribution in [2.45, 2.75) is 6.04 Å². The molecule has 1 fully saturated rings. The van der Waals surface area contributed by atoms with Gasteiger partial charge in [-0.3, -0.25) is 4.79 Å². The Kier molecular flexibility index (Phi) is 3.70. The Hall–Kier alpha value is -2.21. The molecule has 1 aliphatic heterocycles. The maximum Gasteiger partial charge on any atom is 0.246 e. The number of nitrogens with one attached hydrogen (secondary N) is 1. The van der Waals surface area contributed by atoms with Gasteiger partial charge in [0.25, 0.3) is 0 Å². The van der Waals surface area contributed by atoms with Gasteiger partial charge < -0.3 is 15.1 Å². The summed E-state index contributed by atoms with van der Waals surface area (Å²) in [6.45, 7) is 2.21. The number of carbonyl (C=O) groups is 1. The highest BCUT2D eigenvalue weighted by atomic mass is 16.2. The third-order valence-corrected chi connectivity index (χ3v) is 3.79. The normalized spacial score (nSPS) is 18.8. The van der Waals surface area contributed by atoms with Crippen LogP contribution in [-0.4, -0.2) is 60.8 Å². The summed E-state index contributed by atoms with van der Waals surface area (Å²) in [6, 6.07) is 7.76. The molecule has 1 amide bonds. The molecule has 1 unspecified atom stereocenters. The molecule has 1 aromatic heterocycles. The van der Waals surface area contributed by atoms with Crippen LogP contribution in [0.5, 0.6) is 0 Å². The van der Waals surface area contributed by atoms with E-state index >= 15 is 0 Å². The Balaban J connectivity index is 2.04. The number of fused-ring (bicyclic) bond motifs is 1. The van der Waals surface area contributed by atoms with Gasteiger partial charge in [-0.1, -0.05) is 24.3 Å². The van der Waals surface area contributed by atoms with Crippen molar-refractivity contribution in [1.82, 2.24) is 20.4 Å². The highest BCUT2D eigenvalue weighted by Gasteiger charge is 2.31. The molecule has 1 atom stereocenters. The third kappa shape index (κ3) is 2.54. The van der Waals surface area contributed by atoms with Crippen LogP contribution in [0.4, 0.5) is 5.82 Å². The fourth-order valence-corrected chi connectivity index (χ4v) is 2.70. The van der Waals surface area contributed by atoms with Gasteiger partial charge in [0, 0.05) is 44.5 Å². The molecular formula is C15H19N5O. The zero-order chi connectivity index (χ0) is 14.8. The molecule has 2 aromatic rings. The summed E-state index contributed by atoms with van der Waals surface area (Å²) in [6.07, 6.45) is 1.75. The predicted octanol–water partition coefficient (Wildman–Crippen LogP) is 0.496. The van der Waals surface area contributed by atoms with Gasteiger partial charge in [0.1, 0.15) is 6.04 Å². The first-order valence-electron chi connectivity index (χ1n) is 7.07. The van der Waals surface area contributed by atoms with Crippen LogP contribution in [0.3, 0.4) is 0 Å². The monoisotopic (exact) mass is 285 g/mol. The number of nitrogens with zero attached hydrogens (tertiary/aromatic N) is 4. The molecule has 0 bridgehead atoms. The van der Waals surface area contributed by atoms with Crippen molar-refractivity contribution in [3.8, 4) is 0 Å². The molecule has 2 heterocycles. The number of hydrogen-bond acceptors (Lipinski definition) is 5. The Bertz CT molecular complexity index is 652.